The number of esters is 1. The van der Waals surface area contributed by atoms with Gasteiger partial charge in [0.2, 0.25) is 0 Å². The highest BCUT2D eigenvalue weighted by Gasteiger charge is 2.28. The molecule has 4 nitrogen and oxygen atoms in total. The summed E-state index contributed by atoms with van der Waals surface area (Å²) in [5.41, 5.74) is 4.86. The molecule has 0 aliphatic heterocycles. The maximum atomic E-state index is 11.3. The Labute approximate surface area is 105 Å². The Morgan fingerprint density at radius 1 is 1.18 bits per heavy atom. The van der Waals surface area contributed by atoms with Gasteiger partial charge in [-0.2, -0.15) is 0 Å². The molecule has 0 bridgehead atoms. The van der Waals surface area contributed by atoms with Crippen molar-refractivity contribution >= 4 is 5.97 Å². The summed E-state index contributed by atoms with van der Waals surface area (Å²) in [4.78, 5) is 11.3. The van der Waals surface area contributed by atoms with E-state index in [1.54, 1.807) is 6.92 Å². The van der Waals surface area contributed by atoms with E-state index in [1.807, 2.05) is 0 Å². The first-order chi connectivity index (χ1) is 8.04. The van der Waals surface area contributed by atoms with Crippen molar-refractivity contribution in [2.45, 2.75) is 57.9 Å². The van der Waals surface area contributed by atoms with Crippen LogP contribution in [0.3, 0.4) is 0 Å². The van der Waals surface area contributed by atoms with Crippen molar-refractivity contribution < 1.29 is 14.3 Å². The molecule has 0 rings (SSSR count). The maximum Gasteiger partial charge on any atom is 0.325 e. The molecular formula is C13H27NO3. The lowest BCUT2D eigenvalue weighted by molar-refractivity contribution is -0.147. The third kappa shape index (κ3) is 8.16. The van der Waals surface area contributed by atoms with Crippen LogP contribution in [-0.2, 0) is 14.3 Å². The molecule has 1 atom stereocenters. The number of rotatable bonds is 10. The lowest BCUT2D eigenvalue weighted by Gasteiger charge is -2.20. The van der Waals surface area contributed by atoms with Crippen LogP contribution in [0.5, 0.6) is 0 Å². The molecule has 0 amide bonds. The fourth-order valence-electron chi connectivity index (χ4n) is 1.53. The third-order valence-electron chi connectivity index (χ3n) is 2.81. The smallest absolute Gasteiger partial charge is 0.325 e. The summed E-state index contributed by atoms with van der Waals surface area (Å²) in [6.07, 6.45) is 6.62. The van der Waals surface area contributed by atoms with E-state index in [4.69, 9.17) is 10.5 Å². The first-order valence-electron chi connectivity index (χ1n) is 6.49. The normalized spacial score (nSPS) is 14.4. The van der Waals surface area contributed by atoms with E-state index in [9.17, 15) is 4.79 Å². The molecule has 0 heterocycles. The van der Waals surface area contributed by atoms with E-state index < -0.39 is 5.54 Å². The highest BCUT2D eigenvalue weighted by molar-refractivity contribution is 5.79. The average molecular weight is 245 g/mol. The molecule has 0 spiro atoms. The zero-order valence-corrected chi connectivity index (χ0v) is 11.5. The fourth-order valence-corrected chi connectivity index (χ4v) is 1.53. The zero-order chi connectivity index (χ0) is 13.1. The standard InChI is InChI=1S/C13H27NO3/c1-4-5-6-7-8-10-17-11-9-13(2,14)12(15)16-3/h4-11,14H2,1-3H3. The number of nitrogens with two attached hydrogens (primary N) is 1. The van der Waals surface area contributed by atoms with Crippen LogP contribution in [0.25, 0.3) is 0 Å². The van der Waals surface area contributed by atoms with Crippen LogP contribution in [0.15, 0.2) is 0 Å². The molecule has 0 aliphatic carbocycles. The summed E-state index contributed by atoms with van der Waals surface area (Å²) in [7, 11) is 1.35. The van der Waals surface area contributed by atoms with Gasteiger partial charge in [-0.3, -0.25) is 4.79 Å². The number of methoxy groups -OCH3 is 1. The molecule has 1 unspecified atom stereocenters. The minimum atomic E-state index is -0.934. The van der Waals surface area contributed by atoms with Crippen molar-refractivity contribution in [2.24, 2.45) is 5.73 Å². The zero-order valence-electron chi connectivity index (χ0n) is 11.5. The van der Waals surface area contributed by atoms with Gasteiger partial charge in [0.15, 0.2) is 0 Å². The van der Waals surface area contributed by atoms with Crippen LogP contribution >= 0.6 is 0 Å². The number of unbranched alkanes of at least 4 members (excludes halogenated alkanes) is 4. The third-order valence-corrected chi connectivity index (χ3v) is 2.81. The van der Waals surface area contributed by atoms with E-state index in [0.717, 1.165) is 13.0 Å². The Balaban J connectivity index is 3.42. The fraction of sp³-hybridized carbons (Fsp3) is 0.923. The van der Waals surface area contributed by atoms with Crippen LogP contribution in [0.2, 0.25) is 0 Å². The summed E-state index contributed by atoms with van der Waals surface area (Å²) in [5, 5.41) is 0. The second-order valence-electron chi connectivity index (χ2n) is 4.69. The van der Waals surface area contributed by atoms with E-state index in [-0.39, 0.29) is 5.97 Å². The molecule has 0 aromatic heterocycles. The Morgan fingerprint density at radius 3 is 2.41 bits per heavy atom. The van der Waals surface area contributed by atoms with Gasteiger partial charge in [0.25, 0.3) is 0 Å². The van der Waals surface area contributed by atoms with Gasteiger partial charge >= 0.3 is 5.97 Å². The van der Waals surface area contributed by atoms with Gasteiger partial charge in [-0.15, -0.1) is 0 Å². The highest BCUT2D eigenvalue weighted by atomic mass is 16.5. The molecule has 0 aromatic rings. The first-order valence-corrected chi connectivity index (χ1v) is 6.49. The maximum absolute atomic E-state index is 11.3. The minimum absolute atomic E-state index is 0.385. The van der Waals surface area contributed by atoms with Crippen molar-refractivity contribution in [3.63, 3.8) is 0 Å². The first kappa shape index (κ1) is 16.4. The van der Waals surface area contributed by atoms with Crippen molar-refractivity contribution in [1.29, 1.82) is 0 Å². The molecule has 0 radical (unpaired) electrons. The molecule has 0 fully saturated rings. The van der Waals surface area contributed by atoms with Gasteiger partial charge < -0.3 is 15.2 Å². The number of ether oxygens (including phenoxy) is 2. The molecule has 102 valence electrons. The van der Waals surface area contributed by atoms with E-state index in [2.05, 4.69) is 11.7 Å². The van der Waals surface area contributed by atoms with Crippen LogP contribution in [0.1, 0.15) is 52.4 Å². The topological polar surface area (TPSA) is 61.5 Å². The Hall–Kier alpha value is -0.610. The molecule has 0 saturated carbocycles. The van der Waals surface area contributed by atoms with E-state index in [1.165, 1.54) is 32.8 Å². The second kappa shape index (κ2) is 9.42. The van der Waals surface area contributed by atoms with Crippen molar-refractivity contribution in [3.8, 4) is 0 Å². The number of carbonyl (C=O) groups is 1. The van der Waals surface area contributed by atoms with Crippen LogP contribution < -0.4 is 5.73 Å². The van der Waals surface area contributed by atoms with Crippen LogP contribution in [-0.4, -0.2) is 31.8 Å². The molecule has 2 N–H and O–H groups in total. The minimum Gasteiger partial charge on any atom is -0.468 e. The van der Waals surface area contributed by atoms with Gasteiger partial charge in [0, 0.05) is 13.2 Å². The van der Waals surface area contributed by atoms with Gasteiger partial charge in [0.1, 0.15) is 5.54 Å². The number of hydrogen-bond donors (Lipinski definition) is 1. The average Bonchev–Trinajstić information content (AvgIpc) is 2.31. The van der Waals surface area contributed by atoms with Crippen molar-refractivity contribution in [3.05, 3.63) is 0 Å². The summed E-state index contributed by atoms with van der Waals surface area (Å²) >= 11 is 0. The number of hydrogen-bond acceptors (Lipinski definition) is 4. The van der Waals surface area contributed by atoms with Gasteiger partial charge in [-0.05, 0) is 19.8 Å². The molecule has 0 saturated heterocycles. The Kier molecular flexibility index (Phi) is 9.09. The predicted molar refractivity (Wildman–Crippen MR) is 68.8 cm³/mol. The largest absolute Gasteiger partial charge is 0.468 e. The molecule has 0 aromatic carbocycles. The SMILES string of the molecule is CCCCCCCOCCC(C)(N)C(=O)OC. The van der Waals surface area contributed by atoms with Crippen molar-refractivity contribution in [1.82, 2.24) is 0 Å². The Morgan fingerprint density at radius 2 is 1.82 bits per heavy atom. The molecule has 17 heavy (non-hydrogen) atoms. The van der Waals surface area contributed by atoms with Crippen molar-refractivity contribution in [2.75, 3.05) is 20.3 Å². The quantitative estimate of drug-likeness (QED) is 0.473. The van der Waals surface area contributed by atoms with Gasteiger partial charge in [-0.1, -0.05) is 32.6 Å². The van der Waals surface area contributed by atoms with E-state index in [0.29, 0.717) is 13.0 Å². The monoisotopic (exact) mass is 245 g/mol. The van der Waals surface area contributed by atoms with Gasteiger partial charge in [-0.25, -0.2) is 0 Å². The lowest BCUT2D eigenvalue weighted by atomic mass is 10.0. The molecule has 4 heteroatoms. The van der Waals surface area contributed by atoms with E-state index >= 15 is 0 Å². The predicted octanol–water partition coefficient (Wildman–Crippen LogP) is 2.25. The number of carbonyl (C=O) groups excluding carboxylic acids is 1. The van der Waals surface area contributed by atoms with Gasteiger partial charge in [0.05, 0.1) is 7.11 Å². The highest BCUT2D eigenvalue weighted by Crippen LogP contribution is 2.08. The summed E-state index contributed by atoms with van der Waals surface area (Å²) in [6.45, 7) is 5.13. The summed E-state index contributed by atoms with van der Waals surface area (Å²) in [5.74, 6) is -0.385. The molecular weight excluding hydrogens is 218 g/mol. The van der Waals surface area contributed by atoms with Crippen LogP contribution in [0.4, 0.5) is 0 Å². The lowest BCUT2D eigenvalue weighted by Crippen LogP contribution is -2.46. The second-order valence-corrected chi connectivity index (χ2v) is 4.69. The Bertz CT molecular complexity index is 205. The van der Waals surface area contributed by atoms with Crippen LogP contribution in [0, 0.1) is 0 Å². The summed E-state index contributed by atoms with van der Waals surface area (Å²) < 4.78 is 10.1. The summed E-state index contributed by atoms with van der Waals surface area (Å²) in [6, 6.07) is 0. The molecule has 0 aliphatic rings.